The lowest BCUT2D eigenvalue weighted by molar-refractivity contribution is 1.36. The topological polar surface area (TPSA) is 12.9 Å². The minimum absolute atomic E-state index is 1.20. The smallest absolute Gasteiger partial charge is 0.0346 e. The molecule has 0 aliphatic rings. The first kappa shape index (κ1) is 10.2. The van der Waals surface area contributed by atoms with E-state index in [9.17, 15) is 0 Å². The molecule has 0 fully saturated rings. The normalized spacial score (nSPS) is 8.57. The summed E-state index contributed by atoms with van der Waals surface area (Å²) in [6.45, 7) is 6.72. The van der Waals surface area contributed by atoms with E-state index >= 15 is 0 Å². The molecule has 1 heterocycles. The molecule has 1 nitrogen and oxygen atoms in total. The van der Waals surface area contributed by atoms with Crippen molar-refractivity contribution in [3.63, 3.8) is 0 Å². The third-order valence-electron chi connectivity index (χ3n) is 1.72. The third kappa shape index (κ3) is 2.87. The van der Waals surface area contributed by atoms with Crippen molar-refractivity contribution in [2.24, 2.45) is 0 Å². The van der Waals surface area contributed by atoms with E-state index in [1.165, 1.54) is 10.8 Å². The van der Waals surface area contributed by atoms with E-state index in [0.29, 0.717) is 0 Å². The highest BCUT2D eigenvalue weighted by Crippen LogP contribution is 2.09. The molecule has 14 heavy (non-hydrogen) atoms. The Morgan fingerprint density at radius 3 is 2.14 bits per heavy atom. The fourth-order valence-corrected chi connectivity index (χ4v) is 1.03. The van der Waals surface area contributed by atoms with E-state index in [1.54, 1.807) is 12.2 Å². The molecule has 0 aliphatic heterocycles. The van der Waals surface area contributed by atoms with Crippen LogP contribution in [0.3, 0.4) is 0 Å². The molecule has 0 amide bonds. The number of benzene rings is 1. The number of allylic oxidation sites excluding steroid dienone is 2. The molecule has 0 aliphatic carbocycles. The van der Waals surface area contributed by atoms with Crippen molar-refractivity contribution in [2.75, 3.05) is 0 Å². The Balaban J connectivity index is 0.000000213. The van der Waals surface area contributed by atoms with Crippen LogP contribution in [-0.2, 0) is 0 Å². The maximum atomic E-state index is 4.01. The van der Waals surface area contributed by atoms with Crippen LogP contribution in [0.25, 0.3) is 10.8 Å². The maximum absolute atomic E-state index is 4.01. The largest absolute Gasteiger partial charge is 0.264 e. The van der Waals surface area contributed by atoms with Gasteiger partial charge in [-0.15, -0.1) is 0 Å². The molecule has 0 saturated carbocycles. The van der Waals surface area contributed by atoms with E-state index in [-0.39, 0.29) is 0 Å². The summed E-state index contributed by atoms with van der Waals surface area (Å²) in [6.07, 6.45) is 6.96. The van der Waals surface area contributed by atoms with Gasteiger partial charge in [0.1, 0.15) is 0 Å². The van der Waals surface area contributed by atoms with Crippen LogP contribution in [0.5, 0.6) is 0 Å². The second-order valence-electron chi connectivity index (χ2n) is 2.69. The van der Waals surface area contributed by atoms with Gasteiger partial charge in [0.05, 0.1) is 0 Å². The molecule has 0 N–H and O–H groups in total. The molecule has 1 aromatic heterocycles. The van der Waals surface area contributed by atoms with Gasteiger partial charge < -0.3 is 0 Å². The fourth-order valence-electron chi connectivity index (χ4n) is 1.03. The van der Waals surface area contributed by atoms with Gasteiger partial charge in [-0.2, -0.15) is 0 Å². The summed E-state index contributed by atoms with van der Waals surface area (Å²) >= 11 is 0. The summed E-state index contributed by atoms with van der Waals surface area (Å²) in [5.74, 6) is 0. The number of hydrogen-bond acceptors (Lipinski definition) is 1. The number of nitrogens with zero attached hydrogens (tertiary/aromatic N) is 1. The first-order valence-corrected chi connectivity index (χ1v) is 4.40. The molecular formula is C13H13N. The molecule has 0 spiro atoms. The molecule has 0 bridgehead atoms. The average molecular weight is 183 g/mol. The maximum Gasteiger partial charge on any atom is 0.0346 e. The first-order valence-electron chi connectivity index (χ1n) is 4.40. The molecule has 2 rings (SSSR count). The van der Waals surface area contributed by atoms with Crippen molar-refractivity contribution in [1.82, 2.24) is 4.98 Å². The third-order valence-corrected chi connectivity index (χ3v) is 1.72. The van der Waals surface area contributed by atoms with E-state index in [0.717, 1.165) is 0 Å². The fraction of sp³-hybridized carbons (Fsp3) is 0. The van der Waals surface area contributed by atoms with Gasteiger partial charge >= 0.3 is 0 Å². The van der Waals surface area contributed by atoms with Gasteiger partial charge in [-0.05, 0) is 16.8 Å². The molecule has 70 valence electrons. The van der Waals surface area contributed by atoms with Crippen molar-refractivity contribution in [2.45, 2.75) is 0 Å². The SMILES string of the molecule is C=CC=C.c1ccc2cnccc2c1. The monoisotopic (exact) mass is 183 g/mol. The lowest BCUT2D eigenvalue weighted by atomic mass is 10.2. The van der Waals surface area contributed by atoms with Gasteiger partial charge in [0.2, 0.25) is 0 Å². The zero-order valence-electron chi connectivity index (χ0n) is 8.06. The number of hydrogen-bond donors (Lipinski definition) is 0. The molecule has 1 aromatic carbocycles. The van der Waals surface area contributed by atoms with E-state index in [1.807, 2.05) is 30.6 Å². The Bertz CT molecular complexity index is 347. The van der Waals surface area contributed by atoms with Crippen LogP contribution in [0, 0.1) is 0 Å². The molecule has 1 heteroatoms. The van der Waals surface area contributed by atoms with Crippen LogP contribution < -0.4 is 0 Å². The van der Waals surface area contributed by atoms with Gasteiger partial charge in [-0.25, -0.2) is 0 Å². The molecule has 0 saturated heterocycles. The summed E-state index contributed by atoms with van der Waals surface area (Å²) in [7, 11) is 0. The van der Waals surface area contributed by atoms with Gasteiger partial charge in [0.15, 0.2) is 0 Å². The van der Waals surface area contributed by atoms with Gasteiger partial charge in [-0.3, -0.25) is 4.98 Å². The minimum atomic E-state index is 1.20. The summed E-state index contributed by atoms with van der Waals surface area (Å²) in [4.78, 5) is 4.01. The molecule has 2 aromatic rings. The summed E-state index contributed by atoms with van der Waals surface area (Å²) in [5.41, 5.74) is 0. The highest BCUT2D eigenvalue weighted by molar-refractivity contribution is 5.80. The van der Waals surface area contributed by atoms with Gasteiger partial charge in [-0.1, -0.05) is 49.6 Å². The number of rotatable bonds is 1. The number of pyridine rings is 1. The van der Waals surface area contributed by atoms with Gasteiger partial charge in [0.25, 0.3) is 0 Å². The predicted molar refractivity (Wildman–Crippen MR) is 62.1 cm³/mol. The van der Waals surface area contributed by atoms with E-state index in [4.69, 9.17) is 0 Å². The second kappa shape index (κ2) is 5.70. The molecule has 0 radical (unpaired) electrons. The summed E-state index contributed by atoms with van der Waals surface area (Å²) in [5, 5.41) is 2.45. The Hall–Kier alpha value is -1.89. The lowest BCUT2D eigenvalue weighted by Gasteiger charge is -1.91. The zero-order valence-corrected chi connectivity index (χ0v) is 8.06. The summed E-state index contributed by atoms with van der Waals surface area (Å²) < 4.78 is 0. The highest BCUT2D eigenvalue weighted by Gasteiger charge is 1.86. The molecular weight excluding hydrogens is 170 g/mol. The Labute approximate surface area is 84.4 Å². The quantitative estimate of drug-likeness (QED) is 0.616. The van der Waals surface area contributed by atoms with Crippen molar-refractivity contribution < 1.29 is 0 Å². The molecule has 0 unspecified atom stereocenters. The van der Waals surface area contributed by atoms with E-state index < -0.39 is 0 Å². The van der Waals surface area contributed by atoms with Crippen LogP contribution in [0.1, 0.15) is 0 Å². The van der Waals surface area contributed by atoms with E-state index in [2.05, 4.69) is 30.3 Å². The Morgan fingerprint density at radius 2 is 1.57 bits per heavy atom. The minimum Gasteiger partial charge on any atom is -0.264 e. The average Bonchev–Trinajstić information content (AvgIpc) is 2.30. The Morgan fingerprint density at radius 1 is 0.929 bits per heavy atom. The lowest BCUT2D eigenvalue weighted by Crippen LogP contribution is -1.71. The standard InChI is InChI=1S/C9H7N.C4H6/c1-2-4-9-7-10-6-5-8(9)3-1;1-3-4-2/h1-7H;3-4H,1-2H2. The van der Waals surface area contributed by atoms with Crippen molar-refractivity contribution in [3.05, 3.63) is 68.0 Å². The molecule has 0 atom stereocenters. The first-order chi connectivity index (χ1) is 6.88. The second-order valence-corrected chi connectivity index (χ2v) is 2.69. The van der Waals surface area contributed by atoms with Crippen LogP contribution in [0.4, 0.5) is 0 Å². The van der Waals surface area contributed by atoms with Gasteiger partial charge in [0, 0.05) is 12.4 Å². The van der Waals surface area contributed by atoms with Crippen LogP contribution in [0.2, 0.25) is 0 Å². The zero-order chi connectivity index (χ0) is 10.2. The van der Waals surface area contributed by atoms with Crippen LogP contribution in [-0.4, -0.2) is 4.98 Å². The van der Waals surface area contributed by atoms with Crippen molar-refractivity contribution in [1.29, 1.82) is 0 Å². The van der Waals surface area contributed by atoms with Crippen molar-refractivity contribution >= 4 is 10.8 Å². The highest BCUT2D eigenvalue weighted by atomic mass is 14.6. The summed E-state index contributed by atoms with van der Waals surface area (Å²) in [6, 6.07) is 10.2. The predicted octanol–water partition coefficient (Wildman–Crippen LogP) is 3.59. The number of aromatic nitrogens is 1. The Kier molecular flexibility index (Phi) is 4.15. The van der Waals surface area contributed by atoms with Crippen molar-refractivity contribution in [3.8, 4) is 0 Å². The van der Waals surface area contributed by atoms with Crippen LogP contribution in [0.15, 0.2) is 68.0 Å². The van der Waals surface area contributed by atoms with Crippen LogP contribution >= 0.6 is 0 Å². The number of fused-ring (bicyclic) bond motifs is 1.